The molecule has 0 aromatic heterocycles. The zero-order valence-electron chi connectivity index (χ0n) is 15.1. The Morgan fingerprint density at radius 3 is 2.73 bits per heavy atom. The van der Waals surface area contributed by atoms with Gasteiger partial charge in [-0.05, 0) is 63.1 Å². The van der Waals surface area contributed by atoms with Crippen molar-refractivity contribution in [2.24, 2.45) is 0 Å². The van der Waals surface area contributed by atoms with Gasteiger partial charge in [0, 0.05) is 0 Å². The molecule has 7 nitrogen and oxygen atoms in total. The van der Waals surface area contributed by atoms with E-state index in [0.717, 1.165) is 16.7 Å². The van der Waals surface area contributed by atoms with Gasteiger partial charge in [-0.1, -0.05) is 29.8 Å². The van der Waals surface area contributed by atoms with Crippen LogP contribution in [0.5, 0.6) is 5.75 Å². The van der Waals surface area contributed by atoms with Gasteiger partial charge in [0.25, 0.3) is 11.1 Å². The van der Waals surface area contributed by atoms with E-state index in [4.69, 9.17) is 21.4 Å². The molecule has 2 amide bonds. The highest BCUT2D eigenvalue weighted by molar-refractivity contribution is 9.10. The van der Waals surface area contributed by atoms with Gasteiger partial charge in [0.1, 0.15) is 0 Å². The Morgan fingerprint density at radius 2 is 2.07 bits per heavy atom. The molecule has 2 aromatic rings. The van der Waals surface area contributed by atoms with Crippen LogP contribution in [0.25, 0.3) is 6.08 Å². The fourth-order valence-electron chi connectivity index (χ4n) is 2.66. The number of thioether (sulfide) groups is 1. The molecule has 0 saturated carbocycles. The fourth-order valence-corrected chi connectivity index (χ4v) is 4.49. The molecule has 1 N–H and O–H groups in total. The summed E-state index contributed by atoms with van der Waals surface area (Å²) in [5.41, 5.74) is 1.50. The SMILES string of the molecule is N#Cc1ccccc1CN1C(=O)S/C(=C/c2cc(Cl)c(OCC(=O)O)c(Br)c2)C1=O. The molecule has 0 aliphatic carbocycles. The first-order chi connectivity index (χ1) is 14.3. The van der Waals surface area contributed by atoms with Crippen molar-refractivity contribution < 1.29 is 24.2 Å². The Labute approximate surface area is 189 Å². The van der Waals surface area contributed by atoms with Crippen LogP contribution in [0.4, 0.5) is 4.79 Å². The predicted octanol–water partition coefficient (Wildman–Crippen LogP) is 4.67. The van der Waals surface area contributed by atoms with E-state index < -0.39 is 23.7 Å². The minimum absolute atomic E-state index is 0.00183. The number of aliphatic carboxylic acids is 1. The first-order valence-electron chi connectivity index (χ1n) is 8.37. The molecule has 0 spiro atoms. The number of carboxylic acid groups (broad SMARTS) is 1. The molecule has 1 heterocycles. The van der Waals surface area contributed by atoms with Gasteiger partial charge < -0.3 is 9.84 Å². The average molecular weight is 508 g/mol. The van der Waals surface area contributed by atoms with Crippen LogP contribution in [0.2, 0.25) is 5.02 Å². The van der Waals surface area contributed by atoms with Gasteiger partial charge >= 0.3 is 5.97 Å². The fraction of sp³-hybridized carbons (Fsp3) is 0.100. The van der Waals surface area contributed by atoms with Crippen molar-refractivity contribution in [2.75, 3.05) is 6.61 Å². The number of carboxylic acids is 1. The summed E-state index contributed by atoms with van der Waals surface area (Å²) in [6.07, 6.45) is 1.51. The summed E-state index contributed by atoms with van der Waals surface area (Å²) in [7, 11) is 0. The summed E-state index contributed by atoms with van der Waals surface area (Å²) in [4.78, 5) is 37.1. The van der Waals surface area contributed by atoms with E-state index in [1.807, 2.05) is 6.07 Å². The minimum atomic E-state index is -1.14. The molecular weight excluding hydrogens is 496 g/mol. The van der Waals surface area contributed by atoms with E-state index in [9.17, 15) is 19.6 Å². The summed E-state index contributed by atoms with van der Waals surface area (Å²) in [6, 6.07) is 11.9. The van der Waals surface area contributed by atoms with Crippen molar-refractivity contribution in [1.29, 1.82) is 5.26 Å². The molecule has 0 unspecified atom stereocenters. The summed E-state index contributed by atoms with van der Waals surface area (Å²) in [5.74, 6) is -1.46. The van der Waals surface area contributed by atoms with Crippen molar-refractivity contribution >= 4 is 62.5 Å². The largest absolute Gasteiger partial charge is 0.479 e. The second-order valence-corrected chi connectivity index (χ2v) is 8.29. The van der Waals surface area contributed by atoms with E-state index >= 15 is 0 Å². The Bertz CT molecular complexity index is 1110. The van der Waals surface area contributed by atoms with Crippen LogP contribution >= 0.6 is 39.3 Å². The van der Waals surface area contributed by atoms with E-state index in [-0.39, 0.29) is 22.2 Å². The van der Waals surface area contributed by atoms with Crippen LogP contribution in [0.1, 0.15) is 16.7 Å². The van der Waals surface area contributed by atoms with Gasteiger partial charge in [0.2, 0.25) is 0 Å². The number of imide groups is 1. The number of hydrogen-bond acceptors (Lipinski definition) is 6. The first-order valence-corrected chi connectivity index (χ1v) is 10.4. The lowest BCUT2D eigenvalue weighted by molar-refractivity contribution is -0.139. The highest BCUT2D eigenvalue weighted by atomic mass is 79.9. The lowest BCUT2D eigenvalue weighted by Crippen LogP contribution is -2.27. The van der Waals surface area contributed by atoms with E-state index in [1.54, 1.807) is 30.3 Å². The zero-order valence-corrected chi connectivity index (χ0v) is 18.3. The molecule has 1 fully saturated rings. The molecule has 0 atom stereocenters. The van der Waals surface area contributed by atoms with Crippen LogP contribution in [0, 0.1) is 11.3 Å². The topological polar surface area (TPSA) is 108 Å². The maximum Gasteiger partial charge on any atom is 0.341 e. The van der Waals surface area contributed by atoms with Crippen molar-refractivity contribution in [1.82, 2.24) is 4.90 Å². The lowest BCUT2D eigenvalue weighted by Gasteiger charge is -2.13. The molecule has 0 radical (unpaired) electrons. The zero-order chi connectivity index (χ0) is 21.8. The third-order valence-corrected chi connectivity index (χ3v) is 5.78. The molecule has 10 heteroatoms. The number of nitrogens with zero attached hydrogens (tertiary/aromatic N) is 2. The van der Waals surface area contributed by atoms with Gasteiger partial charge in [0.15, 0.2) is 12.4 Å². The number of amides is 2. The summed E-state index contributed by atoms with van der Waals surface area (Å²) in [6.45, 7) is -0.557. The lowest BCUT2D eigenvalue weighted by atomic mass is 10.1. The van der Waals surface area contributed by atoms with Crippen LogP contribution < -0.4 is 4.74 Å². The van der Waals surface area contributed by atoms with Crippen LogP contribution in [-0.4, -0.2) is 33.7 Å². The number of halogens is 2. The Balaban J connectivity index is 1.83. The Hall–Kier alpha value is -2.80. The second kappa shape index (κ2) is 9.34. The molecule has 2 aromatic carbocycles. The number of benzene rings is 2. The number of rotatable bonds is 6. The second-order valence-electron chi connectivity index (χ2n) is 6.03. The van der Waals surface area contributed by atoms with Gasteiger partial charge in [0.05, 0.1) is 32.6 Å². The molecule has 1 aliphatic rings. The average Bonchev–Trinajstić information content (AvgIpc) is 2.95. The first kappa shape index (κ1) is 21.9. The smallest absolute Gasteiger partial charge is 0.341 e. The third-order valence-electron chi connectivity index (χ3n) is 4.00. The Kier molecular flexibility index (Phi) is 6.82. The Morgan fingerprint density at radius 1 is 1.33 bits per heavy atom. The summed E-state index contributed by atoms with van der Waals surface area (Å²) in [5, 5.41) is 17.6. The van der Waals surface area contributed by atoms with Crippen LogP contribution in [0.3, 0.4) is 0 Å². The van der Waals surface area contributed by atoms with E-state index in [2.05, 4.69) is 15.9 Å². The molecule has 0 bridgehead atoms. The van der Waals surface area contributed by atoms with Crippen molar-refractivity contribution in [3.8, 4) is 11.8 Å². The third kappa shape index (κ3) is 4.84. The standard InChI is InChI=1S/C20H12BrClN2O5S/c21-14-5-11(6-15(22)18(14)29-10-17(25)26)7-16-19(27)24(20(28)30-16)9-13-4-2-1-3-12(13)8-23/h1-7H,9-10H2,(H,25,26)/b16-7+. The quantitative estimate of drug-likeness (QED) is 0.566. The molecular formula is C20H12BrClN2O5S. The van der Waals surface area contributed by atoms with Gasteiger partial charge in [-0.2, -0.15) is 5.26 Å². The number of hydrogen-bond donors (Lipinski definition) is 1. The summed E-state index contributed by atoms with van der Waals surface area (Å²) >= 11 is 10.2. The van der Waals surface area contributed by atoms with Crippen molar-refractivity contribution in [2.45, 2.75) is 6.54 Å². The highest BCUT2D eigenvalue weighted by Crippen LogP contribution is 2.38. The number of carbonyl (C=O) groups is 3. The van der Waals surface area contributed by atoms with Gasteiger partial charge in [-0.3, -0.25) is 14.5 Å². The minimum Gasteiger partial charge on any atom is -0.479 e. The molecule has 1 saturated heterocycles. The van der Waals surface area contributed by atoms with Gasteiger partial charge in [-0.15, -0.1) is 0 Å². The van der Waals surface area contributed by atoms with E-state index in [1.165, 1.54) is 12.1 Å². The van der Waals surface area contributed by atoms with Crippen LogP contribution in [0.15, 0.2) is 45.8 Å². The molecule has 30 heavy (non-hydrogen) atoms. The molecule has 1 aliphatic heterocycles. The number of ether oxygens (including phenoxy) is 1. The van der Waals surface area contributed by atoms with E-state index in [0.29, 0.717) is 21.2 Å². The van der Waals surface area contributed by atoms with Crippen molar-refractivity contribution in [3.63, 3.8) is 0 Å². The summed E-state index contributed by atoms with van der Waals surface area (Å²) < 4.78 is 5.54. The maximum atomic E-state index is 12.7. The normalized spacial score (nSPS) is 14.8. The monoisotopic (exact) mass is 506 g/mol. The molecule has 152 valence electrons. The highest BCUT2D eigenvalue weighted by Gasteiger charge is 2.35. The molecule has 3 rings (SSSR count). The number of carbonyl (C=O) groups excluding carboxylic acids is 2. The maximum absolute atomic E-state index is 12.7. The van der Waals surface area contributed by atoms with Crippen LogP contribution in [-0.2, 0) is 16.1 Å². The predicted molar refractivity (Wildman–Crippen MR) is 115 cm³/mol. The number of nitriles is 1. The van der Waals surface area contributed by atoms with Gasteiger partial charge in [-0.25, -0.2) is 4.79 Å². The van der Waals surface area contributed by atoms with Crippen molar-refractivity contribution in [3.05, 3.63) is 67.5 Å².